The van der Waals surface area contributed by atoms with Gasteiger partial charge in [-0.3, -0.25) is 0 Å². The molecule has 1 unspecified atom stereocenters. The lowest BCUT2D eigenvalue weighted by Gasteiger charge is -2.37. The van der Waals surface area contributed by atoms with Gasteiger partial charge < -0.3 is 15.1 Å². The van der Waals surface area contributed by atoms with Crippen molar-refractivity contribution in [2.45, 2.75) is 70.0 Å². The fourth-order valence-electron chi connectivity index (χ4n) is 3.51. The molecule has 2 saturated heterocycles. The molecule has 2 aliphatic heterocycles. The van der Waals surface area contributed by atoms with Gasteiger partial charge in [0, 0.05) is 37.8 Å². The average molecular weight is 265 g/mol. The standard InChI is InChI=1S/C15H27N3O/c1-12-4-2-3-9-18(12)15(19)16-13-7-10-17(11-8-13)14-5-6-14/h12-14H,2-11H2,1H3,(H,16,19). The molecule has 0 radical (unpaired) electrons. The second kappa shape index (κ2) is 5.70. The number of urea groups is 1. The van der Waals surface area contributed by atoms with E-state index in [1.165, 1.54) is 32.4 Å². The molecule has 0 aromatic carbocycles. The van der Waals surface area contributed by atoms with Crippen molar-refractivity contribution in [1.82, 2.24) is 15.1 Å². The summed E-state index contributed by atoms with van der Waals surface area (Å²) < 4.78 is 0. The molecule has 4 heteroatoms. The number of likely N-dealkylation sites (tertiary alicyclic amines) is 2. The van der Waals surface area contributed by atoms with Crippen molar-refractivity contribution in [2.24, 2.45) is 0 Å². The molecule has 3 rings (SSSR count). The van der Waals surface area contributed by atoms with E-state index in [-0.39, 0.29) is 6.03 Å². The molecule has 108 valence electrons. The zero-order chi connectivity index (χ0) is 13.2. The van der Waals surface area contributed by atoms with E-state index in [2.05, 4.69) is 17.1 Å². The number of carbonyl (C=O) groups is 1. The Morgan fingerprint density at radius 1 is 1.00 bits per heavy atom. The first-order valence-corrected chi connectivity index (χ1v) is 8.05. The number of hydrogen-bond donors (Lipinski definition) is 1. The Hall–Kier alpha value is -0.770. The third kappa shape index (κ3) is 3.22. The summed E-state index contributed by atoms with van der Waals surface area (Å²) in [7, 11) is 0. The first kappa shape index (κ1) is 13.2. The molecule has 0 aromatic heterocycles. The minimum absolute atomic E-state index is 0.178. The highest BCUT2D eigenvalue weighted by molar-refractivity contribution is 5.75. The highest BCUT2D eigenvalue weighted by Crippen LogP contribution is 2.29. The first-order chi connectivity index (χ1) is 9.24. The zero-order valence-corrected chi connectivity index (χ0v) is 12.1. The molecule has 1 aliphatic carbocycles. The molecule has 1 N–H and O–H groups in total. The van der Waals surface area contributed by atoms with Crippen LogP contribution in [0, 0.1) is 0 Å². The van der Waals surface area contributed by atoms with Crippen LogP contribution < -0.4 is 5.32 Å². The zero-order valence-electron chi connectivity index (χ0n) is 12.1. The molecule has 2 amide bonds. The Kier molecular flexibility index (Phi) is 3.96. The van der Waals surface area contributed by atoms with Gasteiger partial charge in [0.1, 0.15) is 0 Å². The second-order valence-corrected chi connectivity index (χ2v) is 6.53. The van der Waals surface area contributed by atoms with E-state index < -0.39 is 0 Å². The number of amides is 2. The maximum absolute atomic E-state index is 12.3. The molecule has 19 heavy (non-hydrogen) atoms. The van der Waals surface area contributed by atoms with Crippen LogP contribution in [-0.4, -0.2) is 53.6 Å². The Bertz CT molecular complexity index is 321. The van der Waals surface area contributed by atoms with Crippen LogP contribution in [0.5, 0.6) is 0 Å². The minimum Gasteiger partial charge on any atom is -0.335 e. The minimum atomic E-state index is 0.178. The molecule has 3 aliphatic rings. The van der Waals surface area contributed by atoms with Crippen molar-refractivity contribution < 1.29 is 4.79 Å². The van der Waals surface area contributed by atoms with Gasteiger partial charge in [-0.25, -0.2) is 4.79 Å². The van der Waals surface area contributed by atoms with Crippen molar-refractivity contribution >= 4 is 6.03 Å². The normalized spacial score (nSPS) is 30.4. The van der Waals surface area contributed by atoms with Crippen molar-refractivity contribution in [3.63, 3.8) is 0 Å². The van der Waals surface area contributed by atoms with E-state index in [0.29, 0.717) is 12.1 Å². The molecule has 2 heterocycles. The smallest absolute Gasteiger partial charge is 0.317 e. The highest BCUT2D eigenvalue weighted by Gasteiger charge is 2.33. The van der Waals surface area contributed by atoms with Gasteiger partial charge in [0.2, 0.25) is 0 Å². The van der Waals surface area contributed by atoms with Crippen LogP contribution in [0.4, 0.5) is 4.79 Å². The van der Waals surface area contributed by atoms with Gasteiger partial charge in [0.25, 0.3) is 0 Å². The molecule has 1 atom stereocenters. The number of nitrogens with zero attached hydrogens (tertiary/aromatic N) is 2. The van der Waals surface area contributed by atoms with Gasteiger partial charge in [-0.15, -0.1) is 0 Å². The van der Waals surface area contributed by atoms with Gasteiger partial charge in [0.15, 0.2) is 0 Å². The maximum Gasteiger partial charge on any atom is 0.317 e. The van der Waals surface area contributed by atoms with E-state index in [1.807, 2.05) is 4.90 Å². The fraction of sp³-hybridized carbons (Fsp3) is 0.933. The summed E-state index contributed by atoms with van der Waals surface area (Å²) in [5, 5.41) is 3.26. The Balaban J connectivity index is 1.44. The van der Waals surface area contributed by atoms with E-state index in [1.54, 1.807) is 0 Å². The quantitative estimate of drug-likeness (QED) is 0.831. The topological polar surface area (TPSA) is 35.6 Å². The SMILES string of the molecule is CC1CCCCN1C(=O)NC1CCN(C2CC2)CC1. The first-order valence-electron chi connectivity index (χ1n) is 8.05. The van der Waals surface area contributed by atoms with Crippen LogP contribution in [-0.2, 0) is 0 Å². The predicted octanol–water partition coefficient (Wildman–Crippen LogP) is 2.20. The van der Waals surface area contributed by atoms with E-state index in [4.69, 9.17) is 0 Å². The molecule has 4 nitrogen and oxygen atoms in total. The largest absolute Gasteiger partial charge is 0.335 e. The fourth-order valence-corrected chi connectivity index (χ4v) is 3.51. The Morgan fingerprint density at radius 3 is 2.37 bits per heavy atom. The third-order valence-corrected chi connectivity index (χ3v) is 4.98. The summed E-state index contributed by atoms with van der Waals surface area (Å²) in [6.07, 6.45) is 8.63. The average Bonchev–Trinajstić information content (AvgIpc) is 3.24. The molecule has 0 bridgehead atoms. The van der Waals surface area contributed by atoms with E-state index in [0.717, 1.165) is 38.3 Å². The Labute approximate surface area is 116 Å². The second-order valence-electron chi connectivity index (χ2n) is 6.53. The summed E-state index contributed by atoms with van der Waals surface area (Å²) >= 11 is 0. The van der Waals surface area contributed by atoms with E-state index in [9.17, 15) is 4.79 Å². The lowest BCUT2D eigenvalue weighted by Crippen LogP contribution is -2.52. The summed E-state index contributed by atoms with van der Waals surface area (Å²) in [5.41, 5.74) is 0. The molecule has 0 spiro atoms. The van der Waals surface area contributed by atoms with Crippen LogP contribution in [0.3, 0.4) is 0 Å². The Morgan fingerprint density at radius 2 is 1.74 bits per heavy atom. The molecule has 3 fully saturated rings. The predicted molar refractivity (Wildman–Crippen MR) is 76.2 cm³/mol. The lowest BCUT2D eigenvalue weighted by atomic mass is 10.0. The van der Waals surface area contributed by atoms with Crippen LogP contribution in [0.1, 0.15) is 51.9 Å². The van der Waals surface area contributed by atoms with Crippen molar-refractivity contribution in [1.29, 1.82) is 0 Å². The van der Waals surface area contributed by atoms with Crippen LogP contribution in [0.2, 0.25) is 0 Å². The third-order valence-electron chi connectivity index (χ3n) is 4.98. The van der Waals surface area contributed by atoms with Crippen molar-refractivity contribution in [3.8, 4) is 0 Å². The maximum atomic E-state index is 12.3. The van der Waals surface area contributed by atoms with Crippen LogP contribution in [0.25, 0.3) is 0 Å². The van der Waals surface area contributed by atoms with E-state index >= 15 is 0 Å². The number of rotatable bonds is 2. The molecular formula is C15H27N3O. The van der Waals surface area contributed by atoms with Gasteiger partial charge >= 0.3 is 6.03 Å². The monoisotopic (exact) mass is 265 g/mol. The highest BCUT2D eigenvalue weighted by atomic mass is 16.2. The van der Waals surface area contributed by atoms with Gasteiger partial charge in [-0.1, -0.05) is 0 Å². The number of carbonyl (C=O) groups excluding carboxylic acids is 1. The summed E-state index contributed by atoms with van der Waals surface area (Å²) in [5.74, 6) is 0. The van der Waals surface area contributed by atoms with Crippen molar-refractivity contribution in [3.05, 3.63) is 0 Å². The number of hydrogen-bond acceptors (Lipinski definition) is 2. The summed E-state index contributed by atoms with van der Waals surface area (Å²) in [4.78, 5) is 16.9. The lowest BCUT2D eigenvalue weighted by molar-refractivity contribution is 0.143. The summed E-state index contributed by atoms with van der Waals surface area (Å²) in [6, 6.07) is 1.87. The number of nitrogens with one attached hydrogen (secondary N) is 1. The molecule has 0 aromatic rings. The molecule has 1 saturated carbocycles. The van der Waals surface area contributed by atoms with Gasteiger partial charge in [-0.05, 0) is 51.9 Å². The van der Waals surface area contributed by atoms with Gasteiger partial charge in [0.05, 0.1) is 0 Å². The van der Waals surface area contributed by atoms with Crippen LogP contribution >= 0.6 is 0 Å². The summed E-state index contributed by atoms with van der Waals surface area (Å²) in [6.45, 7) is 5.46. The number of piperidine rings is 2. The van der Waals surface area contributed by atoms with Crippen LogP contribution in [0.15, 0.2) is 0 Å². The molecular weight excluding hydrogens is 238 g/mol. The van der Waals surface area contributed by atoms with Crippen molar-refractivity contribution in [2.75, 3.05) is 19.6 Å². The van der Waals surface area contributed by atoms with Gasteiger partial charge in [-0.2, -0.15) is 0 Å².